The predicted octanol–water partition coefficient (Wildman–Crippen LogP) is 7.06. The lowest BCUT2D eigenvalue weighted by Gasteiger charge is -1.97. The van der Waals surface area contributed by atoms with Crippen LogP contribution in [0.25, 0.3) is 46.2 Å². The van der Waals surface area contributed by atoms with Crippen molar-refractivity contribution in [2.24, 2.45) is 0 Å². The Kier molecular flexibility index (Phi) is 4.51. The number of pyridine rings is 1. The molecule has 2 heterocycles. The summed E-state index contributed by atoms with van der Waals surface area (Å²) < 4.78 is 0. The van der Waals surface area contributed by atoms with Gasteiger partial charge in [-0.3, -0.25) is 0 Å². The molecule has 0 radical (unpaired) electrons. The standard InChI is InChI=1S/C27H20N2/c1-3-7-20(8-4-1)11-12-22-14-18-26-25(19-22)24-17-16-23(28-27(24)29-26)15-13-21-9-5-2-6-10-21/h1-19H,(H,28,29). The molecule has 29 heavy (non-hydrogen) atoms. The average molecular weight is 372 g/mol. The van der Waals surface area contributed by atoms with Gasteiger partial charge < -0.3 is 4.98 Å². The van der Waals surface area contributed by atoms with Gasteiger partial charge in [-0.25, -0.2) is 4.98 Å². The van der Waals surface area contributed by atoms with Crippen LogP contribution in [0, 0.1) is 0 Å². The third-order valence-corrected chi connectivity index (χ3v) is 5.02. The van der Waals surface area contributed by atoms with Gasteiger partial charge in [-0.15, -0.1) is 0 Å². The second-order valence-corrected chi connectivity index (χ2v) is 7.05. The van der Waals surface area contributed by atoms with Crippen molar-refractivity contribution >= 4 is 46.2 Å². The van der Waals surface area contributed by atoms with E-state index < -0.39 is 0 Å². The first-order valence-corrected chi connectivity index (χ1v) is 9.74. The summed E-state index contributed by atoms with van der Waals surface area (Å²) in [6.45, 7) is 0. The number of benzene rings is 3. The van der Waals surface area contributed by atoms with Crippen molar-refractivity contribution in [3.05, 3.63) is 113 Å². The van der Waals surface area contributed by atoms with Crippen LogP contribution in [0.5, 0.6) is 0 Å². The Morgan fingerprint density at radius 2 is 1.21 bits per heavy atom. The molecule has 0 aliphatic rings. The minimum atomic E-state index is 0.916. The lowest BCUT2D eigenvalue weighted by Crippen LogP contribution is -1.81. The van der Waals surface area contributed by atoms with Gasteiger partial charge in [0.25, 0.3) is 0 Å². The Bertz CT molecular complexity index is 1330. The Hall–Kier alpha value is -3.91. The van der Waals surface area contributed by atoms with E-state index in [-0.39, 0.29) is 0 Å². The van der Waals surface area contributed by atoms with Gasteiger partial charge in [0, 0.05) is 16.3 Å². The van der Waals surface area contributed by atoms with Crippen LogP contribution >= 0.6 is 0 Å². The van der Waals surface area contributed by atoms with E-state index in [1.807, 2.05) is 30.3 Å². The number of H-pyrrole nitrogens is 1. The van der Waals surface area contributed by atoms with Crippen LogP contribution in [-0.4, -0.2) is 9.97 Å². The largest absolute Gasteiger partial charge is 0.339 e. The quantitative estimate of drug-likeness (QED) is 0.336. The minimum absolute atomic E-state index is 0.916. The molecule has 138 valence electrons. The highest BCUT2D eigenvalue weighted by Crippen LogP contribution is 2.26. The number of nitrogens with zero attached hydrogens (tertiary/aromatic N) is 1. The zero-order chi connectivity index (χ0) is 19.5. The van der Waals surface area contributed by atoms with E-state index in [1.54, 1.807) is 0 Å². The Labute approximate surface area is 169 Å². The van der Waals surface area contributed by atoms with Crippen molar-refractivity contribution in [2.45, 2.75) is 0 Å². The van der Waals surface area contributed by atoms with Crippen molar-refractivity contribution in [2.75, 3.05) is 0 Å². The number of hydrogen-bond acceptors (Lipinski definition) is 1. The molecule has 0 aliphatic heterocycles. The van der Waals surface area contributed by atoms with E-state index in [2.05, 4.69) is 89.9 Å². The smallest absolute Gasteiger partial charge is 0.139 e. The fraction of sp³-hybridized carbons (Fsp3) is 0. The summed E-state index contributed by atoms with van der Waals surface area (Å²) in [6.07, 6.45) is 8.43. The Morgan fingerprint density at radius 3 is 1.93 bits per heavy atom. The number of aromatic amines is 1. The lowest BCUT2D eigenvalue weighted by molar-refractivity contribution is 1.32. The van der Waals surface area contributed by atoms with E-state index in [4.69, 9.17) is 4.98 Å². The maximum Gasteiger partial charge on any atom is 0.139 e. The molecule has 0 unspecified atom stereocenters. The maximum absolute atomic E-state index is 4.79. The summed E-state index contributed by atoms with van der Waals surface area (Å²) in [5, 5.41) is 2.34. The van der Waals surface area contributed by atoms with E-state index in [0.717, 1.165) is 22.2 Å². The Balaban J connectivity index is 1.47. The molecular weight excluding hydrogens is 352 g/mol. The maximum atomic E-state index is 4.79. The summed E-state index contributed by atoms with van der Waals surface area (Å²) >= 11 is 0. The van der Waals surface area contributed by atoms with Crippen molar-refractivity contribution in [3.8, 4) is 0 Å². The molecular formula is C27H20N2. The summed E-state index contributed by atoms with van der Waals surface area (Å²) in [5.41, 5.74) is 6.50. The van der Waals surface area contributed by atoms with Crippen molar-refractivity contribution < 1.29 is 0 Å². The summed E-state index contributed by atoms with van der Waals surface area (Å²) in [5.74, 6) is 0. The topological polar surface area (TPSA) is 28.7 Å². The Morgan fingerprint density at radius 1 is 0.552 bits per heavy atom. The van der Waals surface area contributed by atoms with Crippen molar-refractivity contribution in [1.82, 2.24) is 9.97 Å². The van der Waals surface area contributed by atoms with Gasteiger partial charge in [0.2, 0.25) is 0 Å². The fourth-order valence-electron chi connectivity index (χ4n) is 3.51. The monoisotopic (exact) mass is 372 g/mol. The summed E-state index contributed by atoms with van der Waals surface area (Å²) in [4.78, 5) is 8.24. The molecule has 0 spiro atoms. The van der Waals surface area contributed by atoms with Crippen LogP contribution in [0.2, 0.25) is 0 Å². The number of aromatic nitrogens is 2. The first kappa shape index (κ1) is 17.2. The molecule has 5 rings (SSSR count). The molecule has 3 aromatic carbocycles. The normalized spacial score (nSPS) is 11.9. The van der Waals surface area contributed by atoms with Gasteiger partial charge >= 0.3 is 0 Å². The second-order valence-electron chi connectivity index (χ2n) is 7.05. The zero-order valence-corrected chi connectivity index (χ0v) is 15.9. The summed E-state index contributed by atoms with van der Waals surface area (Å²) in [6, 6.07) is 31.3. The molecule has 2 aromatic heterocycles. The molecule has 0 saturated carbocycles. The van der Waals surface area contributed by atoms with E-state index in [9.17, 15) is 0 Å². The first-order chi connectivity index (χ1) is 14.3. The molecule has 2 heteroatoms. The van der Waals surface area contributed by atoms with E-state index in [0.29, 0.717) is 0 Å². The van der Waals surface area contributed by atoms with Gasteiger partial charge in [0.15, 0.2) is 0 Å². The highest BCUT2D eigenvalue weighted by Gasteiger charge is 2.06. The van der Waals surface area contributed by atoms with Crippen molar-refractivity contribution in [1.29, 1.82) is 0 Å². The van der Waals surface area contributed by atoms with Crippen LogP contribution in [-0.2, 0) is 0 Å². The summed E-state index contributed by atoms with van der Waals surface area (Å²) in [7, 11) is 0. The zero-order valence-electron chi connectivity index (χ0n) is 15.9. The highest BCUT2D eigenvalue weighted by molar-refractivity contribution is 6.06. The van der Waals surface area contributed by atoms with Gasteiger partial charge in [-0.1, -0.05) is 85.0 Å². The molecule has 0 amide bonds. The second kappa shape index (κ2) is 7.61. The van der Waals surface area contributed by atoms with E-state index >= 15 is 0 Å². The van der Waals surface area contributed by atoms with Crippen LogP contribution in [0.3, 0.4) is 0 Å². The number of nitrogens with one attached hydrogen (secondary N) is 1. The SMILES string of the molecule is C(=Cc1ccc2[nH]c3nc(C=Cc4ccccc4)ccc3c2c1)c1ccccc1. The predicted molar refractivity (Wildman–Crippen MR) is 124 cm³/mol. The first-order valence-electron chi connectivity index (χ1n) is 9.74. The molecule has 0 bridgehead atoms. The van der Waals surface area contributed by atoms with Crippen LogP contribution < -0.4 is 0 Å². The highest BCUT2D eigenvalue weighted by atomic mass is 14.9. The molecule has 2 nitrogen and oxygen atoms in total. The van der Waals surface area contributed by atoms with Gasteiger partial charge in [-0.05, 0) is 47.0 Å². The average Bonchev–Trinajstić information content (AvgIpc) is 3.15. The number of hydrogen-bond donors (Lipinski definition) is 1. The van der Waals surface area contributed by atoms with Gasteiger partial charge in [0.1, 0.15) is 5.65 Å². The van der Waals surface area contributed by atoms with Gasteiger partial charge in [-0.2, -0.15) is 0 Å². The van der Waals surface area contributed by atoms with E-state index in [1.165, 1.54) is 22.1 Å². The number of fused-ring (bicyclic) bond motifs is 3. The molecule has 0 fully saturated rings. The fourth-order valence-corrected chi connectivity index (χ4v) is 3.51. The molecule has 1 N–H and O–H groups in total. The van der Waals surface area contributed by atoms with Crippen LogP contribution in [0.4, 0.5) is 0 Å². The minimum Gasteiger partial charge on any atom is -0.339 e. The van der Waals surface area contributed by atoms with Crippen molar-refractivity contribution in [3.63, 3.8) is 0 Å². The van der Waals surface area contributed by atoms with Crippen LogP contribution in [0.1, 0.15) is 22.4 Å². The molecule has 5 aromatic rings. The third kappa shape index (κ3) is 3.74. The van der Waals surface area contributed by atoms with Gasteiger partial charge in [0.05, 0.1) is 5.69 Å². The molecule has 0 aliphatic carbocycles. The lowest BCUT2D eigenvalue weighted by atomic mass is 10.1. The number of rotatable bonds is 4. The molecule has 0 atom stereocenters. The molecule has 0 saturated heterocycles. The third-order valence-electron chi connectivity index (χ3n) is 5.02. The van der Waals surface area contributed by atoms with Crippen LogP contribution in [0.15, 0.2) is 91.0 Å².